The number of nitrogens with zero attached hydrogens (tertiary/aromatic N) is 3. The van der Waals surface area contributed by atoms with Crippen molar-refractivity contribution in [3.8, 4) is 0 Å². The quantitative estimate of drug-likeness (QED) is 0.160. The molecule has 4 aliphatic heterocycles. The van der Waals surface area contributed by atoms with Crippen molar-refractivity contribution in [3.63, 3.8) is 0 Å². The molecule has 18 nitrogen and oxygen atoms in total. The van der Waals surface area contributed by atoms with Crippen LogP contribution in [0.25, 0.3) is 0 Å². The number of nitrogens with one attached hydrogen (secondary N) is 3. The van der Waals surface area contributed by atoms with Gasteiger partial charge in [-0.3, -0.25) is 28.8 Å². The Labute approximate surface area is 327 Å². The monoisotopic (exact) mass is 816 g/mol. The third-order valence-corrected chi connectivity index (χ3v) is 12.9. The Bertz CT molecular complexity index is 2040. The normalized spacial score (nSPS) is 27.9. The number of hydrogen-bond donors (Lipinski definition) is 3. The Morgan fingerprint density at radius 2 is 1.82 bits per heavy atom. The van der Waals surface area contributed by atoms with E-state index in [1.54, 1.807) is 26.8 Å². The smallest absolute Gasteiger partial charge is 0.410 e. The first kappa shape index (κ1) is 39.9. The van der Waals surface area contributed by atoms with Crippen LogP contribution in [0, 0.1) is 11.7 Å². The van der Waals surface area contributed by atoms with Crippen LogP contribution in [0.1, 0.15) is 70.4 Å². The number of carbonyl (C=O) groups excluding carboxylic acids is 7. The molecule has 3 saturated heterocycles. The SMILES string of the molecule is C=CC1C[C@]1(NC(=O)[C@@H]1CC(OC(=O)N2Cc3cccc(F)c3C2)CN1C(=O)[C@H](CC(=O)N1C[C@H]2CC1C(=O)O2)NC(=O)OC(C)(C)C)C(=O)NS(=O)(=O)C1CC1. The molecule has 6 amide bonds. The third-order valence-electron chi connectivity index (χ3n) is 11.1. The molecule has 6 aliphatic rings. The minimum atomic E-state index is -4.01. The lowest BCUT2D eigenvalue weighted by atomic mass is 10.1. The summed E-state index contributed by atoms with van der Waals surface area (Å²) in [4.78, 5) is 98.3. The lowest BCUT2D eigenvalue weighted by Crippen LogP contribution is -2.59. The maximum Gasteiger partial charge on any atom is 0.410 e. The van der Waals surface area contributed by atoms with E-state index in [1.807, 2.05) is 0 Å². The molecule has 1 aromatic carbocycles. The lowest BCUT2D eigenvalue weighted by molar-refractivity contribution is -0.157. The largest absolute Gasteiger partial charge is 0.459 e. The minimum absolute atomic E-state index is 0.0111. The molecule has 57 heavy (non-hydrogen) atoms. The zero-order valence-corrected chi connectivity index (χ0v) is 32.5. The fourth-order valence-corrected chi connectivity index (χ4v) is 9.25. The maximum atomic E-state index is 14.6. The van der Waals surface area contributed by atoms with Gasteiger partial charge in [0.15, 0.2) is 0 Å². The van der Waals surface area contributed by atoms with E-state index in [4.69, 9.17) is 14.2 Å². The molecular formula is C37H45FN6O12S. The van der Waals surface area contributed by atoms with Gasteiger partial charge in [0, 0.05) is 30.9 Å². The van der Waals surface area contributed by atoms with E-state index in [0.717, 1.165) is 4.90 Å². The molecular weight excluding hydrogens is 772 g/mol. The molecule has 2 aliphatic carbocycles. The molecule has 20 heteroatoms. The van der Waals surface area contributed by atoms with E-state index in [2.05, 4.69) is 21.9 Å². The van der Waals surface area contributed by atoms with Crippen LogP contribution in [0.3, 0.4) is 0 Å². The second-order valence-corrected chi connectivity index (χ2v) is 18.4. The number of alkyl carbamates (subject to hydrolysis) is 1. The van der Waals surface area contributed by atoms with Gasteiger partial charge in [0.2, 0.25) is 27.7 Å². The summed E-state index contributed by atoms with van der Waals surface area (Å²) < 4.78 is 58.3. The fourth-order valence-electron chi connectivity index (χ4n) is 7.89. The lowest BCUT2D eigenvalue weighted by Gasteiger charge is -2.32. The van der Waals surface area contributed by atoms with Gasteiger partial charge in [-0.25, -0.2) is 27.2 Å². The second-order valence-electron chi connectivity index (χ2n) is 16.4. The number of benzene rings is 1. The highest BCUT2D eigenvalue weighted by molar-refractivity contribution is 7.91. The number of morpholine rings is 1. The first-order valence-electron chi connectivity index (χ1n) is 18.8. The number of hydrogen-bond acceptors (Lipinski definition) is 12. The number of ether oxygens (including phenoxy) is 3. The van der Waals surface area contributed by atoms with Crippen LogP contribution in [0.4, 0.5) is 14.0 Å². The maximum absolute atomic E-state index is 14.6. The first-order chi connectivity index (χ1) is 26.8. The number of fused-ring (bicyclic) bond motifs is 3. The molecule has 308 valence electrons. The molecule has 3 N–H and O–H groups in total. The average Bonchev–Trinajstić information content (AvgIpc) is 3.88. The standard InChI is InChI=1S/C37H45FN6O12S/c1-5-20-14-37(20,33(49)41-57(52,53)23-9-10-23)40-30(46)27-11-22(55-35(51)42-15-19-7-6-8-25(38)24(19)18-42)17-44(27)31(47)26(39-34(50)56-36(2,3)4)13-29(45)43-16-21-12-28(43)32(48)54-21/h5-8,20-23,26-28H,1,9-18H2,2-4H3,(H,39,50)(H,40,46)(H,41,49)/t20?,21-,22?,26+,27+,28?,37-/m1/s1. The number of sulfonamides is 1. The van der Waals surface area contributed by atoms with Gasteiger partial charge in [0.1, 0.15) is 47.3 Å². The molecule has 1 aromatic rings. The Hall–Kier alpha value is -5.27. The molecule has 0 radical (unpaired) electrons. The van der Waals surface area contributed by atoms with Crippen molar-refractivity contribution in [2.24, 2.45) is 5.92 Å². The summed E-state index contributed by atoms with van der Waals surface area (Å²) in [5.74, 6) is -5.21. The van der Waals surface area contributed by atoms with Gasteiger partial charge < -0.3 is 34.6 Å². The molecule has 2 saturated carbocycles. The number of carbonyl (C=O) groups is 7. The summed E-state index contributed by atoms with van der Waals surface area (Å²) in [6.45, 7) is 8.11. The predicted octanol–water partition coefficient (Wildman–Crippen LogP) is 0.726. The molecule has 0 aromatic heterocycles. The van der Waals surface area contributed by atoms with Gasteiger partial charge in [0.25, 0.3) is 5.91 Å². The summed E-state index contributed by atoms with van der Waals surface area (Å²) >= 11 is 0. The van der Waals surface area contributed by atoms with E-state index in [9.17, 15) is 46.4 Å². The van der Waals surface area contributed by atoms with E-state index in [-0.39, 0.29) is 38.9 Å². The summed E-state index contributed by atoms with van der Waals surface area (Å²) in [5, 5.41) is 4.33. The van der Waals surface area contributed by atoms with Gasteiger partial charge in [-0.2, -0.15) is 0 Å². The zero-order chi connectivity index (χ0) is 41.2. The molecule has 5 fully saturated rings. The van der Waals surface area contributed by atoms with Crippen LogP contribution in [0.2, 0.25) is 0 Å². The molecule has 3 unspecified atom stereocenters. The van der Waals surface area contributed by atoms with Crippen LogP contribution < -0.4 is 15.4 Å². The highest BCUT2D eigenvalue weighted by atomic mass is 32.2. The number of halogens is 1. The van der Waals surface area contributed by atoms with Crippen molar-refractivity contribution in [2.75, 3.05) is 13.1 Å². The fraction of sp³-hybridized carbons (Fsp3) is 0.595. The topological polar surface area (TPSA) is 227 Å². The second kappa shape index (κ2) is 14.6. The van der Waals surface area contributed by atoms with Crippen molar-refractivity contribution < 1.29 is 60.6 Å². The van der Waals surface area contributed by atoms with Crippen LogP contribution in [0.5, 0.6) is 0 Å². The molecule has 0 spiro atoms. The Morgan fingerprint density at radius 3 is 2.44 bits per heavy atom. The number of likely N-dealkylation sites (tertiary alicyclic amines) is 2. The van der Waals surface area contributed by atoms with Gasteiger partial charge in [-0.05, 0) is 51.7 Å². The van der Waals surface area contributed by atoms with Crippen LogP contribution >= 0.6 is 0 Å². The van der Waals surface area contributed by atoms with E-state index in [1.165, 1.54) is 28.0 Å². The highest BCUT2D eigenvalue weighted by Gasteiger charge is 2.62. The van der Waals surface area contributed by atoms with Gasteiger partial charge >= 0.3 is 18.2 Å². The zero-order valence-electron chi connectivity index (χ0n) is 31.7. The predicted molar refractivity (Wildman–Crippen MR) is 193 cm³/mol. The number of esters is 1. The van der Waals surface area contributed by atoms with E-state index >= 15 is 0 Å². The van der Waals surface area contributed by atoms with E-state index < -0.39 is 123 Å². The summed E-state index contributed by atoms with van der Waals surface area (Å²) in [5.41, 5.74) is -1.82. The Kier molecular flexibility index (Phi) is 10.2. The average molecular weight is 817 g/mol. The van der Waals surface area contributed by atoms with Crippen LogP contribution in [-0.2, 0) is 61.3 Å². The Balaban J connectivity index is 1.14. The first-order valence-corrected chi connectivity index (χ1v) is 20.4. The molecule has 7 rings (SSSR count). The summed E-state index contributed by atoms with van der Waals surface area (Å²) in [6, 6.07) is 0.495. The van der Waals surface area contributed by atoms with Crippen molar-refractivity contribution in [1.82, 2.24) is 30.1 Å². The Morgan fingerprint density at radius 1 is 1.09 bits per heavy atom. The van der Waals surface area contributed by atoms with Crippen molar-refractivity contribution >= 4 is 51.8 Å². The number of rotatable bonds is 11. The minimum Gasteiger partial charge on any atom is -0.459 e. The van der Waals surface area contributed by atoms with Crippen LogP contribution in [-0.4, -0.2) is 125 Å². The van der Waals surface area contributed by atoms with E-state index in [0.29, 0.717) is 24.0 Å². The molecule has 2 bridgehead atoms. The molecule has 4 heterocycles. The van der Waals surface area contributed by atoms with Crippen molar-refractivity contribution in [1.29, 1.82) is 0 Å². The highest BCUT2D eigenvalue weighted by Crippen LogP contribution is 2.45. The third kappa shape index (κ3) is 8.13. The van der Waals surface area contributed by atoms with Gasteiger partial charge in [0.05, 0.1) is 31.3 Å². The van der Waals surface area contributed by atoms with Crippen molar-refractivity contribution in [2.45, 2.75) is 119 Å². The van der Waals surface area contributed by atoms with Gasteiger partial charge in [-0.15, -0.1) is 6.58 Å². The number of amides is 6. The van der Waals surface area contributed by atoms with Crippen molar-refractivity contribution in [3.05, 3.63) is 47.8 Å². The van der Waals surface area contributed by atoms with Gasteiger partial charge in [-0.1, -0.05) is 18.2 Å². The van der Waals surface area contributed by atoms with Crippen LogP contribution in [0.15, 0.2) is 30.9 Å². The summed E-state index contributed by atoms with van der Waals surface area (Å²) in [7, 11) is -4.01. The molecule has 7 atom stereocenters. The summed E-state index contributed by atoms with van der Waals surface area (Å²) in [6.07, 6.45) is -2.05.